The third kappa shape index (κ3) is 2.69. The van der Waals surface area contributed by atoms with E-state index in [4.69, 9.17) is 4.74 Å². The van der Waals surface area contributed by atoms with Gasteiger partial charge in [0, 0.05) is 13.2 Å². The molecular formula is C11H22N2O. The van der Waals surface area contributed by atoms with Crippen molar-refractivity contribution in [1.29, 1.82) is 0 Å². The maximum absolute atomic E-state index is 5.35. The van der Waals surface area contributed by atoms with E-state index >= 15 is 0 Å². The van der Waals surface area contributed by atoms with Gasteiger partial charge in [0.2, 0.25) is 0 Å². The van der Waals surface area contributed by atoms with Crippen molar-refractivity contribution in [2.24, 2.45) is 17.8 Å². The van der Waals surface area contributed by atoms with E-state index < -0.39 is 0 Å². The molecule has 0 bridgehead atoms. The van der Waals surface area contributed by atoms with Crippen LogP contribution in [0.2, 0.25) is 0 Å². The summed E-state index contributed by atoms with van der Waals surface area (Å²) in [6, 6.07) is 0. The second-order valence-electron chi connectivity index (χ2n) is 4.78. The molecule has 14 heavy (non-hydrogen) atoms. The van der Waals surface area contributed by atoms with Crippen molar-refractivity contribution >= 4 is 0 Å². The number of hydrogen-bond acceptors (Lipinski definition) is 3. The lowest BCUT2D eigenvalue weighted by molar-refractivity contribution is 0.185. The van der Waals surface area contributed by atoms with Gasteiger partial charge in [-0.1, -0.05) is 6.92 Å². The quantitative estimate of drug-likeness (QED) is 0.689. The molecule has 3 heteroatoms. The van der Waals surface area contributed by atoms with Crippen LogP contribution in [0.25, 0.3) is 0 Å². The molecule has 2 rings (SSSR count). The smallest absolute Gasteiger partial charge is 0.0507 e. The Bertz CT molecular complexity index is 169. The summed E-state index contributed by atoms with van der Waals surface area (Å²) in [5, 5.41) is 7.02. The number of nitrogens with one attached hydrogen (secondary N) is 2. The van der Waals surface area contributed by atoms with Gasteiger partial charge in [-0.15, -0.1) is 0 Å². The van der Waals surface area contributed by atoms with Crippen LogP contribution in [0.4, 0.5) is 0 Å². The third-order valence-corrected chi connectivity index (χ3v) is 3.54. The van der Waals surface area contributed by atoms with Gasteiger partial charge in [0.25, 0.3) is 0 Å². The molecule has 0 radical (unpaired) electrons. The van der Waals surface area contributed by atoms with Crippen molar-refractivity contribution < 1.29 is 4.74 Å². The van der Waals surface area contributed by atoms with Gasteiger partial charge >= 0.3 is 0 Å². The Hall–Kier alpha value is -0.120. The molecule has 82 valence electrons. The minimum atomic E-state index is 0.764. The Morgan fingerprint density at radius 3 is 2.93 bits per heavy atom. The molecule has 0 spiro atoms. The summed E-state index contributed by atoms with van der Waals surface area (Å²) < 4.78 is 5.35. The number of rotatable bonds is 4. The second-order valence-corrected chi connectivity index (χ2v) is 4.78. The molecule has 0 aromatic heterocycles. The molecule has 0 aromatic carbocycles. The van der Waals surface area contributed by atoms with Crippen LogP contribution in [0.15, 0.2) is 0 Å². The number of hydrogen-bond donors (Lipinski definition) is 2. The fourth-order valence-corrected chi connectivity index (χ4v) is 2.35. The Balaban J connectivity index is 1.57. The fraction of sp³-hybridized carbons (Fsp3) is 1.00. The maximum atomic E-state index is 5.35. The molecule has 2 heterocycles. The Labute approximate surface area is 86.6 Å². The Morgan fingerprint density at radius 1 is 1.36 bits per heavy atom. The Morgan fingerprint density at radius 2 is 2.29 bits per heavy atom. The fourth-order valence-electron chi connectivity index (χ4n) is 2.35. The molecule has 2 N–H and O–H groups in total. The van der Waals surface area contributed by atoms with Crippen LogP contribution in [-0.2, 0) is 4.74 Å². The van der Waals surface area contributed by atoms with Crippen molar-refractivity contribution in [3.05, 3.63) is 0 Å². The largest absolute Gasteiger partial charge is 0.381 e. The molecule has 0 saturated carbocycles. The third-order valence-electron chi connectivity index (χ3n) is 3.54. The zero-order chi connectivity index (χ0) is 9.80. The highest BCUT2D eigenvalue weighted by atomic mass is 16.5. The van der Waals surface area contributed by atoms with Gasteiger partial charge in [-0.3, -0.25) is 0 Å². The summed E-state index contributed by atoms with van der Waals surface area (Å²) in [7, 11) is 0. The van der Waals surface area contributed by atoms with Crippen molar-refractivity contribution in [1.82, 2.24) is 10.6 Å². The molecule has 2 aliphatic rings. The molecule has 0 aliphatic carbocycles. The van der Waals surface area contributed by atoms with Crippen LogP contribution in [0.3, 0.4) is 0 Å². The highest BCUT2D eigenvalue weighted by Gasteiger charge is 2.23. The van der Waals surface area contributed by atoms with Gasteiger partial charge in [0.15, 0.2) is 0 Å². The highest BCUT2D eigenvalue weighted by molar-refractivity contribution is 4.80. The van der Waals surface area contributed by atoms with Crippen molar-refractivity contribution in [3.63, 3.8) is 0 Å². The van der Waals surface area contributed by atoms with Gasteiger partial charge in [-0.25, -0.2) is 0 Å². The molecule has 0 amide bonds. The summed E-state index contributed by atoms with van der Waals surface area (Å²) >= 11 is 0. The van der Waals surface area contributed by atoms with Crippen LogP contribution in [0, 0.1) is 17.8 Å². The lowest BCUT2D eigenvalue weighted by atomic mass is 9.98. The van der Waals surface area contributed by atoms with E-state index in [-0.39, 0.29) is 0 Å². The predicted molar refractivity (Wildman–Crippen MR) is 57.3 cm³/mol. The van der Waals surface area contributed by atoms with Crippen LogP contribution in [0.1, 0.15) is 13.3 Å². The van der Waals surface area contributed by atoms with E-state index in [1.165, 1.54) is 26.1 Å². The van der Waals surface area contributed by atoms with Crippen LogP contribution in [-0.4, -0.2) is 39.4 Å². The first-order chi connectivity index (χ1) is 6.86. The van der Waals surface area contributed by atoms with Gasteiger partial charge in [-0.2, -0.15) is 0 Å². The first-order valence-corrected chi connectivity index (χ1v) is 5.85. The Kier molecular flexibility index (Phi) is 3.79. The molecule has 2 aliphatic heterocycles. The van der Waals surface area contributed by atoms with Crippen molar-refractivity contribution in [2.45, 2.75) is 13.3 Å². The molecule has 2 fully saturated rings. The zero-order valence-electron chi connectivity index (χ0n) is 9.09. The second kappa shape index (κ2) is 5.10. The average molecular weight is 198 g/mol. The standard InChI is InChI=1S/C11H22N2O/c1-9-4-12-6-11(9)7-13-5-10-2-3-14-8-10/h9-13H,2-8H2,1H3. The predicted octanol–water partition coefficient (Wildman–Crippen LogP) is 0.468. The molecule has 3 unspecified atom stereocenters. The van der Waals surface area contributed by atoms with Gasteiger partial charge in [-0.05, 0) is 43.8 Å². The summed E-state index contributed by atoms with van der Waals surface area (Å²) in [4.78, 5) is 0. The van der Waals surface area contributed by atoms with Gasteiger partial charge in [0.05, 0.1) is 6.61 Å². The molecule has 3 atom stereocenters. The van der Waals surface area contributed by atoms with E-state index in [0.717, 1.165) is 37.5 Å². The maximum Gasteiger partial charge on any atom is 0.0507 e. The summed E-state index contributed by atoms with van der Waals surface area (Å²) in [5.74, 6) is 2.43. The lowest BCUT2D eigenvalue weighted by Gasteiger charge is -2.16. The van der Waals surface area contributed by atoms with Crippen molar-refractivity contribution in [3.8, 4) is 0 Å². The summed E-state index contributed by atoms with van der Waals surface area (Å²) in [5.41, 5.74) is 0. The van der Waals surface area contributed by atoms with Crippen LogP contribution < -0.4 is 10.6 Å². The monoisotopic (exact) mass is 198 g/mol. The minimum absolute atomic E-state index is 0.764. The molecule has 0 aromatic rings. The van der Waals surface area contributed by atoms with Crippen LogP contribution >= 0.6 is 0 Å². The molecule has 2 saturated heterocycles. The van der Waals surface area contributed by atoms with E-state index in [1.807, 2.05) is 0 Å². The first-order valence-electron chi connectivity index (χ1n) is 5.85. The zero-order valence-corrected chi connectivity index (χ0v) is 9.09. The minimum Gasteiger partial charge on any atom is -0.381 e. The number of ether oxygens (including phenoxy) is 1. The molecule has 3 nitrogen and oxygen atoms in total. The summed E-state index contributed by atoms with van der Waals surface area (Å²) in [6.07, 6.45) is 1.24. The SMILES string of the molecule is CC1CNCC1CNCC1CCOC1. The van der Waals surface area contributed by atoms with E-state index in [2.05, 4.69) is 17.6 Å². The normalized spacial score (nSPS) is 37.9. The topological polar surface area (TPSA) is 33.3 Å². The summed E-state index contributed by atoms with van der Waals surface area (Å²) in [6.45, 7) is 8.96. The average Bonchev–Trinajstić information content (AvgIpc) is 2.78. The van der Waals surface area contributed by atoms with E-state index in [1.54, 1.807) is 0 Å². The lowest BCUT2D eigenvalue weighted by Crippen LogP contribution is -2.31. The van der Waals surface area contributed by atoms with E-state index in [9.17, 15) is 0 Å². The first kappa shape index (κ1) is 10.4. The van der Waals surface area contributed by atoms with Crippen molar-refractivity contribution in [2.75, 3.05) is 39.4 Å². The molecular weight excluding hydrogens is 176 g/mol. The van der Waals surface area contributed by atoms with E-state index in [0.29, 0.717) is 0 Å². The van der Waals surface area contributed by atoms with Crippen LogP contribution in [0.5, 0.6) is 0 Å². The van der Waals surface area contributed by atoms with Gasteiger partial charge < -0.3 is 15.4 Å². The highest BCUT2D eigenvalue weighted by Crippen LogP contribution is 2.15. The van der Waals surface area contributed by atoms with Gasteiger partial charge in [0.1, 0.15) is 0 Å².